The molecule has 0 fully saturated rings. The van der Waals surface area contributed by atoms with Crippen molar-refractivity contribution in [2.45, 2.75) is 31.8 Å². The summed E-state index contributed by atoms with van der Waals surface area (Å²) in [5.74, 6) is 0. The highest BCUT2D eigenvalue weighted by atomic mass is 31.2. The molecule has 1 aromatic rings. The molecule has 1 radical (unpaired) electrons. The topological polar surface area (TPSA) is 57.5 Å². The Morgan fingerprint density at radius 1 is 1.33 bits per heavy atom. The summed E-state index contributed by atoms with van der Waals surface area (Å²) in [4.78, 5) is 18.9. The van der Waals surface area contributed by atoms with Crippen LogP contribution in [0.1, 0.15) is 32.3 Å². The fraction of sp³-hybridized carbons (Fsp3) is 0.455. The van der Waals surface area contributed by atoms with Crippen LogP contribution in [-0.2, 0) is 9.72 Å². The third kappa shape index (κ3) is 2.15. The lowest BCUT2D eigenvalue weighted by molar-refractivity contribution is 0.315. The summed E-state index contributed by atoms with van der Waals surface area (Å²) in [5, 5.41) is -1.08. The maximum Gasteiger partial charge on any atom is 0.335 e. The molecule has 0 saturated carbocycles. The number of benzene rings is 1. The summed E-state index contributed by atoms with van der Waals surface area (Å²) in [7, 11) is -4.16. The molecule has 0 bridgehead atoms. The Morgan fingerprint density at radius 3 is 2.27 bits per heavy atom. The van der Waals surface area contributed by atoms with Crippen molar-refractivity contribution in [3.8, 4) is 0 Å². The van der Waals surface area contributed by atoms with Crippen molar-refractivity contribution in [2.24, 2.45) is 0 Å². The SMILES string of the molecule is CCC(CC)(c1[c]cccc1)P(=O)(O)O. The van der Waals surface area contributed by atoms with Gasteiger partial charge in [-0.25, -0.2) is 0 Å². The fourth-order valence-corrected chi connectivity index (χ4v) is 3.16. The van der Waals surface area contributed by atoms with Gasteiger partial charge in [-0.2, -0.15) is 0 Å². The van der Waals surface area contributed by atoms with Gasteiger partial charge in [0.2, 0.25) is 0 Å². The molecule has 0 atom stereocenters. The van der Waals surface area contributed by atoms with Crippen molar-refractivity contribution >= 4 is 7.60 Å². The van der Waals surface area contributed by atoms with Gasteiger partial charge in [0.15, 0.2) is 0 Å². The average Bonchev–Trinajstić information content (AvgIpc) is 2.20. The van der Waals surface area contributed by atoms with Crippen LogP contribution in [0.15, 0.2) is 24.3 Å². The van der Waals surface area contributed by atoms with Crippen molar-refractivity contribution in [3.63, 3.8) is 0 Å². The largest absolute Gasteiger partial charge is 0.335 e. The van der Waals surface area contributed by atoms with E-state index in [1.807, 2.05) is 0 Å². The van der Waals surface area contributed by atoms with Gasteiger partial charge < -0.3 is 9.79 Å². The third-order valence-corrected chi connectivity index (χ3v) is 4.93. The molecule has 0 saturated heterocycles. The Labute approximate surface area is 90.3 Å². The molecule has 0 heterocycles. The van der Waals surface area contributed by atoms with Crippen molar-refractivity contribution < 1.29 is 14.4 Å². The first-order valence-corrected chi connectivity index (χ1v) is 6.62. The van der Waals surface area contributed by atoms with E-state index >= 15 is 0 Å². The lowest BCUT2D eigenvalue weighted by Gasteiger charge is -2.32. The number of hydrogen-bond acceptors (Lipinski definition) is 1. The number of rotatable bonds is 4. The minimum atomic E-state index is -4.16. The fourth-order valence-electron chi connectivity index (χ4n) is 1.88. The zero-order valence-electron chi connectivity index (χ0n) is 8.97. The van der Waals surface area contributed by atoms with E-state index in [1.165, 1.54) is 0 Å². The van der Waals surface area contributed by atoms with E-state index in [2.05, 4.69) is 6.07 Å². The van der Waals surface area contributed by atoms with Crippen LogP contribution in [0, 0.1) is 6.07 Å². The lowest BCUT2D eigenvalue weighted by atomic mass is 9.93. The molecule has 2 N–H and O–H groups in total. The van der Waals surface area contributed by atoms with Crippen LogP contribution in [0.4, 0.5) is 0 Å². The normalized spacial score (nSPS) is 12.8. The van der Waals surface area contributed by atoms with Gasteiger partial charge in [-0.3, -0.25) is 4.57 Å². The highest BCUT2D eigenvalue weighted by molar-refractivity contribution is 7.53. The van der Waals surface area contributed by atoms with Gasteiger partial charge in [-0.15, -0.1) is 0 Å². The first-order valence-electron chi connectivity index (χ1n) is 5.00. The van der Waals surface area contributed by atoms with Crippen LogP contribution in [0.3, 0.4) is 0 Å². The van der Waals surface area contributed by atoms with Crippen molar-refractivity contribution in [3.05, 3.63) is 35.9 Å². The zero-order chi connectivity index (χ0) is 11.5. The van der Waals surface area contributed by atoms with Gasteiger partial charge in [0.25, 0.3) is 0 Å². The molecule has 0 aliphatic rings. The summed E-state index contributed by atoms with van der Waals surface area (Å²) >= 11 is 0. The first-order chi connectivity index (χ1) is 6.98. The van der Waals surface area contributed by atoms with Gasteiger partial charge in [-0.1, -0.05) is 38.1 Å². The Balaban J connectivity index is 3.31. The molecule has 0 spiro atoms. The standard InChI is InChI=1S/C11H16O3P/c1-3-11(4-2,15(12,13)14)10-8-6-5-7-9-10/h5-8H,3-4H2,1-2H3,(H2,12,13,14). The highest BCUT2D eigenvalue weighted by Gasteiger charge is 2.45. The van der Waals surface area contributed by atoms with E-state index in [9.17, 15) is 14.4 Å². The van der Waals surface area contributed by atoms with Crippen LogP contribution in [0.25, 0.3) is 0 Å². The zero-order valence-corrected chi connectivity index (χ0v) is 9.87. The van der Waals surface area contributed by atoms with Crippen molar-refractivity contribution in [2.75, 3.05) is 0 Å². The summed E-state index contributed by atoms with van der Waals surface area (Å²) < 4.78 is 11.6. The predicted molar refractivity (Wildman–Crippen MR) is 59.6 cm³/mol. The van der Waals surface area contributed by atoms with Gasteiger partial charge >= 0.3 is 7.60 Å². The van der Waals surface area contributed by atoms with E-state index < -0.39 is 12.8 Å². The highest BCUT2D eigenvalue weighted by Crippen LogP contribution is 2.60. The average molecular weight is 227 g/mol. The molecule has 0 aromatic heterocycles. The van der Waals surface area contributed by atoms with Crippen LogP contribution in [0.5, 0.6) is 0 Å². The number of hydrogen-bond donors (Lipinski definition) is 2. The second-order valence-corrected chi connectivity index (χ2v) is 5.50. The van der Waals surface area contributed by atoms with Crippen molar-refractivity contribution in [1.82, 2.24) is 0 Å². The Hall–Kier alpha value is -0.630. The van der Waals surface area contributed by atoms with Crippen LogP contribution < -0.4 is 0 Å². The lowest BCUT2D eigenvalue weighted by Crippen LogP contribution is -2.24. The first kappa shape index (κ1) is 12.4. The molecule has 0 amide bonds. The Bertz CT molecular complexity index is 351. The maximum atomic E-state index is 11.6. The van der Waals surface area contributed by atoms with E-state index in [1.54, 1.807) is 38.1 Å². The quantitative estimate of drug-likeness (QED) is 0.777. The van der Waals surface area contributed by atoms with E-state index in [4.69, 9.17) is 0 Å². The van der Waals surface area contributed by atoms with Crippen molar-refractivity contribution in [1.29, 1.82) is 0 Å². The second-order valence-electron chi connectivity index (χ2n) is 3.56. The van der Waals surface area contributed by atoms with Crippen LogP contribution in [0.2, 0.25) is 0 Å². The van der Waals surface area contributed by atoms with Crippen LogP contribution in [-0.4, -0.2) is 9.79 Å². The summed E-state index contributed by atoms with van der Waals surface area (Å²) in [6.07, 6.45) is 0.822. The molecule has 15 heavy (non-hydrogen) atoms. The molecular weight excluding hydrogens is 211 g/mol. The monoisotopic (exact) mass is 227 g/mol. The molecule has 3 nitrogen and oxygen atoms in total. The van der Waals surface area contributed by atoms with E-state index in [-0.39, 0.29) is 0 Å². The van der Waals surface area contributed by atoms with E-state index in [0.29, 0.717) is 18.4 Å². The molecule has 4 heteroatoms. The molecule has 0 aliphatic heterocycles. The third-order valence-electron chi connectivity index (χ3n) is 2.94. The molecule has 1 aromatic carbocycles. The molecule has 1 rings (SSSR count). The minimum Gasteiger partial charge on any atom is -0.324 e. The molecule has 83 valence electrons. The summed E-state index contributed by atoms with van der Waals surface area (Å²) in [6, 6.07) is 9.91. The molecule has 0 unspecified atom stereocenters. The van der Waals surface area contributed by atoms with Gasteiger partial charge in [-0.05, 0) is 24.5 Å². The van der Waals surface area contributed by atoms with Gasteiger partial charge in [0.1, 0.15) is 0 Å². The van der Waals surface area contributed by atoms with E-state index in [0.717, 1.165) is 0 Å². The van der Waals surface area contributed by atoms with Gasteiger partial charge in [0.05, 0.1) is 5.16 Å². The molecule has 0 aliphatic carbocycles. The maximum absolute atomic E-state index is 11.6. The summed E-state index contributed by atoms with van der Waals surface area (Å²) in [6.45, 7) is 3.59. The van der Waals surface area contributed by atoms with Gasteiger partial charge in [0, 0.05) is 0 Å². The predicted octanol–water partition coefficient (Wildman–Crippen LogP) is 2.68. The Morgan fingerprint density at radius 2 is 1.93 bits per heavy atom. The summed E-state index contributed by atoms with van der Waals surface area (Å²) in [5.41, 5.74) is 0.600. The minimum absolute atomic E-state index is 0.411. The second kappa shape index (κ2) is 4.48. The molecular formula is C11H16O3P. The van der Waals surface area contributed by atoms with Crippen LogP contribution >= 0.6 is 7.60 Å². The smallest absolute Gasteiger partial charge is 0.324 e. The Kier molecular flexibility index (Phi) is 3.72.